The van der Waals surface area contributed by atoms with Crippen molar-refractivity contribution in [3.63, 3.8) is 0 Å². The standard InChI is InChI=1S/C16H14N2O6/c1-23-16(20)13-7-12(8-14(9-13)18(21)22)15(19)17-24-10-11-5-3-2-4-6-11/h2-9H,10H2,1H3,(H,17,19). The van der Waals surface area contributed by atoms with Gasteiger partial charge in [0, 0.05) is 17.7 Å². The van der Waals surface area contributed by atoms with Gasteiger partial charge in [-0.2, -0.15) is 0 Å². The number of non-ortho nitro benzene ring substituents is 1. The molecule has 2 aromatic rings. The van der Waals surface area contributed by atoms with E-state index in [4.69, 9.17) is 4.84 Å². The zero-order chi connectivity index (χ0) is 17.5. The van der Waals surface area contributed by atoms with Gasteiger partial charge in [-0.25, -0.2) is 10.3 Å². The summed E-state index contributed by atoms with van der Waals surface area (Å²) >= 11 is 0. The van der Waals surface area contributed by atoms with Crippen LogP contribution in [0.3, 0.4) is 0 Å². The maximum absolute atomic E-state index is 12.1. The first kappa shape index (κ1) is 17.1. The zero-order valence-corrected chi connectivity index (χ0v) is 12.7. The Hall–Kier alpha value is -3.26. The second kappa shape index (κ2) is 7.84. The van der Waals surface area contributed by atoms with Crippen LogP contribution in [0.25, 0.3) is 0 Å². The quantitative estimate of drug-likeness (QED) is 0.494. The molecule has 1 N–H and O–H groups in total. The highest BCUT2D eigenvalue weighted by atomic mass is 16.7. The lowest BCUT2D eigenvalue weighted by molar-refractivity contribution is -0.384. The molecule has 124 valence electrons. The van der Waals surface area contributed by atoms with Crippen LogP contribution in [-0.4, -0.2) is 23.9 Å². The van der Waals surface area contributed by atoms with Gasteiger partial charge in [0.15, 0.2) is 0 Å². The van der Waals surface area contributed by atoms with Crippen LogP contribution in [-0.2, 0) is 16.2 Å². The molecular formula is C16H14N2O6. The van der Waals surface area contributed by atoms with Crippen LogP contribution in [0.5, 0.6) is 0 Å². The van der Waals surface area contributed by atoms with Gasteiger partial charge in [-0.3, -0.25) is 19.7 Å². The summed E-state index contributed by atoms with van der Waals surface area (Å²) in [5.74, 6) is -1.49. The van der Waals surface area contributed by atoms with Crippen LogP contribution in [0.1, 0.15) is 26.3 Å². The van der Waals surface area contributed by atoms with Crippen molar-refractivity contribution < 1.29 is 24.1 Å². The highest BCUT2D eigenvalue weighted by Gasteiger charge is 2.18. The van der Waals surface area contributed by atoms with Gasteiger partial charge in [0.1, 0.15) is 0 Å². The summed E-state index contributed by atoms with van der Waals surface area (Å²) in [6, 6.07) is 12.4. The van der Waals surface area contributed by atoms with E-state index in [1.165, 1.54) is 6.07 Å². The van der Waals surface area contributed by atoms with Crippen molar-refractivity contribution in [1.29, 1.82) is 0 Å². The van der Waals surface area contributed by atoms with E-state index in [9.17, 15) is 19.7 Å². The lowest BCUT2D eigenvalue weighted by Crippen LogP contribution is -2.24. The summed E-state index contributed by atoms with van der Waals surface area (Å²) in [5.41, 5.74) is 2.44. The average Bonchev–Trinajstić information content (AvgIpc) is 2.61. The Balaban J connectivity index is 2.11. The topological polar surface area (TPSA) is 108 Å². The Morgan fingerprint density at radius 1 is 1.12 bits per heavy atom. The molecular weight excluding hydrogens is 316 g/mol. The number of nitrogens with zero attached hydrogens (tertiary/aromatic N) is 1. The number of hydrogen-bond donors (Lipinski definition) is 1. The number of benzene rings is 2. The maximum Gasteiger partial charge on any atom is 0.338 e. The van der Waals surface area contributed by atoms with Crippen LogP contribution in [0, 0.1) is 10.1 Å². The normalized spacial score (nSPS) is 10.0. The van der Waals surface area contributed by atoms with E-state index in [1.54, 1.807) is 0 Å². The van der Waals surface area contributed by atoms with Gasteiger partial charge in [-0.15, -0.1) is 0 Å². The molecule has 8 nitrogen and oxygen atoms in total. The fourth-order valence-electron chi connectivity index (χ4n) is 1.90. The number of nitro benzene ring substituents is 1. The van der Waals surface area contributed by atoms with Crippen LogP contribution < -0.4 is 5.48 Å². The van der Waals surface area contributed by atoms with Gasteiger partial charge in [-0.1, -0.05) is 30.3 Å². The SMILES string of the molecule is COC(=O)c1cc(C(=O)NOCc2ccccc2)cc([N+](=O)[O-])c1. The molecule has 0 saturated carbocycles. The molecule has 0 aliphatic carbocycles. The van der Waals surface area contributed by atoms with Crippen molar-refractivity contribution >= 4 is 17.6 Å². The van der Waals surface area contributed by atoms with Gasteiger partial charge in [0.05, 0.1) is 24.2 Å². The van der Waals surface area contributed by atoms with Gasteiger partial charge in [0.25, 0.3) is 11.6 Å². The predicted octanol–water partition coefficient (Wildman–Crippen LogP) is 2.24. The lowest BCUT2D eigenvalue weighted by atomic mass is 10.1. The first-order chi connectivity index (χ1) is 11.5. The summed E-state index contributed by atoms with van der Waals surface area (Å²) in [4.78, 5) is 38.9. The highest BCUT2D eigenvalue weighted by Crippen LogP contribution is 2.18. The molecule has 2 aromatic carbocycles. The van der Waals surface area contributed by atoms with Crippen LogP contribution in [0.15, 0.2) is 48.5 Å². The van der Waals surface area contributed by atoms with Crippen molar-refractivity contribution in [1.82, 2.24) is 5.48 Å². The molecule has 8 heteroatoms. The molecule has 0 saturated heterocycles. The van der Waals surface area contributed by atoms with Crippen molar-refractivity contribution in [3.05, 3.63) is 75.3 Å². The second-order valence-electron chi connectivity index (χ2n) is 4.72. The number of carbonyl (C=O) groups excluding carboxylic acids is 2. The summed E-state index contributed by atoms with van der Waals surface area (Å²) < 4.78 is 4.52. The molecule has 0 aliphatic rings. The number of esters is 1. The lowest BCUT2D eigenvalue weighted by Gasteiger charge is -2.07. The van der Waals surface area contributed by atoms with Crippen LogP contribution >= 0.6 is 0 Å². The molecule has 0 bridgehead atoms. The molecule has 0 unspecified atom stereocenters. The van der Waals surface area contributed by atoms with E-state index < -0.39 is 22.5 Å². The number of amides is 1. The fourth-order valence-corrected chi connectivity index (χ4v) is 1.90. The fraction of sp³-hybridized carbons (Fsp3) is 0.125. The molecule has 1 amide bonds. The molecule has 0 heterocycles. The average molecular weight is 330 g/mol. The summed E-state index contributed by atoms with van der Waals surface area (Å²) in [7, 11) is 1.14. The van der Waals surface area contributed by atoms with Crippen molar-refractivity contribution in [2.45, 2.75) is 6.61 Å². The summed E-state index contributed by atoms with van der Waals surface area (Å²) in [5, 5.41) is 10.9. The van der Waals surface area contributed by atoms with Crippen LogP contribution in [0.4, 0.5) is 5.69 Å². The first-order valence-corrected chi connectivity index (χ1v) is 6.85. The maximum atomic E-state index is 12.1. The van der Waals surface area contributed by atoms with Crippen LogP contribution in [0.2, 0.25) is 0 Å². The number of hydrogen-bond acceptors (Lipinski definition) is 6. The van der Waals surface area contributed by atoms with E-state index >= 15 is 0 Å². The molecule has 24 heavy (non-hydrogen) atoms. The number of methoxy groups -OCH3 is 1. The number of rotatable bonds is 6. The second-order valence-corrected chi connectivity index (χ2v) is 4.72. The Morgan fingerprint density at radius 3 is 2.42 bits per heavy atom. The minimum absolute atomic E-state index is 0.0855. The number of hydroxylamine groups is 1. The minimum Gasteiger partial charge on any atom is -0.465 e. The van der Waals surface area contributed by atoms with E-state index in [2.05, 4.69) is 10.2 Å². The van der Waals surface area contributed by atoms with Gasteiger partial charge >= 0.3 is 5.97 Å². The van der Waals surface area contributed by atoms with E-state index in [0.717, 1.165) is 24.8 Å². The Bertz CT molecular complexity index is 760. The molecule has 0 atom stereocenters. The Labute approximate surface area is 137 Å². The third-order valence-electron chi connectivity index (χ3n) is 3.06. The number of ether oxygens (including phenoxy) is 1. The highest BCUT2D eigenvalue weighted by molar-refractivity contribution is 5.98. The summed E-state index contributed by atoms with van der Waals surface area (Å²) in [6.07, 6.45) is 0. The predicted molar refractivity (Wildman–Crippen MR) is 83.1 cm³/mol. The third kappa shape index (κ3) is 4.37. The molecule has 0 spiro atoms. The van der Waals surface area contributed by atoms with E-state index in [1.807, 2.05) is 30.3 Å². The van der Waals surface area contributed by atoms with Crippen molar-refractivity contribution in [2.75, 3.05) is 7.11 Å². The van der Waals surface area contributed by atoms with Crippen molar-refractivity contribution in [2.24, 2.45) is 0 Å². The van der Waals surface area contributed by atoms with E-state index in [-0.39, 0.29) is 17.7 Å². The van der Waals surface area contributed by atoms with E-state index in [0.29, 0.717) is 0 Å². The van der Waals surface area contributed by atoms with Crippen molar-refractivity contribution in [3.8, 4) is 0 Å². The molecule has 0 radical (unpaired) electrons. The third-order valence-corrected chi connectivity index (χ3v) is 3.06. The monoisotopic (exact) mass is 330 g/mol. The number of nitro groups is 1. The minimum atomic E-state index is -0.780. The van der Waals surface area contributed by atoms with Gasteiger partial charge < -0.3 is 4.74 Å². The smallest absolute Gasteiger partial charge is 0.338 e. The molecule has 0 aliphatic heterocycles. The Morgan fingerprint density at radius 2 is 1.79 bits per heavy atom. The molecule has 0 fully saturated rings. The number of carbonyl (C=O) groups is 2. The van der Waals surface area contributed by atoms with Gasteiger partial charge in [0.2, 0.25) is 0 Å². The molecule has 2 rings (SSSR count). The molecule has 0 aromatic heterocycles. The largest absolute Gasteiger partial charge is 0.465 e. The summed E-state index contributed by atoms with van der Waals surface area (Å²) in [6.45, 7) is 0.130. The first-order valence-electron chi connectivity index (χ1n) is 6.85. The number of nitrogens with one attached hydrogen (secondary N) is 1. The Kier molecular flexibility index (Phi) is 5.58. The zero-order valence-electron chi connectivity index (χ0n) is 12.7. The van der Waals surface area contributed by atoms with Gasteiger partial charge in [-0.05, 0) is 11.6 Å².